The van der Waals surface area contributed by atoms with Gasteiger partial charge in [-0.05, 0) is 47.0 Å². The molecule has 2 aromatic carbocycles. The standard InChI is InChI=1S/C19H17ClO3/c1-22-18-11-7-15(16(13-18)8-12-19(21)23-2)6-3-14-4-9-17(20)10-5-14/h3-13H,1-2H3/b6-3+,12-8+. The molecule has 0 unspecified atom stereocenters. The molecule has 0 aliphatic carbocycles. The molecular weight excluding hydrogens is 312 g/mol. The minimum absolute atomic E-state index is 0.402. The van der Waals surface area contributed by atoms with Gasteiger partial charge in [-0.25, -0.2) is 4.79 Å². The maximum absolute atomic E-state index is 11.3. The average molecular weight is 329 g/mol. The number of esters is 1. The smallest absolute Gasteiger partial charge is 0.330 e. The summed E-state index contributed by atoms with van der Waals surface area (Å²) < 4.78 is 9.85. The van der Waals surface area contributed by atoms with Gasteiger partial charge in [-0.15, -0.1) is 0 Å². The molecule has 0 amide bonds. The van der Waals surface area contributed by atoms with Gasteiger partial charge in [0.15, 0.2) is 0 Å². The molecule has 0 bridgehead atoms. The predicted molar refractivity (Wildman–Crippen MR) is 94.4 cm³/mol. The molecule has 0 fully saturated rings. The van der Waals surface area contributed by atoms with Crippen LogP contribution >= 0.6 is 11.6 Å². The van der Waals surface area contributed by atoms with Crippen LogP contribution in [0.3, 0.4) is 0 Å². The number of methoxy groups -OCH3 is 2. The second kappa shape index (κ2) is 8.20. The van der Waals surface area contributed by atoms with Gasteiger partial charge >= 0.3 is 5.97 Å². The molecule has 0 aliphatic rings. The van der Waals surface area contributed by atoms with Crippen molar-refractivity contribution in [2.45, 2.75) is 0 Å². The summed E-state index contributed by atoms with van der Waals surface area (Å²) in [5.41, 5.74) is 2.86. The Morgan fingerprint density at radius 2 is 1.70 bits per heavy atom. The summed E-state index contributed by atoms with van der Waals surface area (Å²) in [6.07, 6.45) is 7.04. The molecule has 0 N–H and O–H groups in total. The first-order valence-electron chi connectivity index (χ1n) is 7.00. The van der Waals surface area contributed by atoms with E-state index in [1.54, 1.807) is 13.2 Å². The Balaban J connectivity index is 2.31. The topological polar surface area (TPSA) is 35.5 Å². The van der Waals surface area contributed by atoms with Gasteiger partial charge in [-0.1, -0.05) is 42.0 Å². The number of hydrogen-bond acceptors (Lipinski definition) is 3. The van der Waals surface area contributed by atoms with Gasteiger partial charge in [0.1, 0.15) is 5.75 Å². The number of halogens is 1. The number of hydrogen-bond donors (Lipinski definition) is 0. The van der Waals surface area contributed by atoms with E-state index in [0.717, 1.165) is 22.4 Å². The molecule has 2 rings (SSSR count). The summed E-state index contributed by atoms with van der Waals surface area (Å²) in [5, 5.41) is 0.702. The zero-order valence-electron chi connectivity index (χ0n) is 13.0. The summed E-state index contributed by atoms with van der Waals surface area (Å²) in [6.45, 7) is 0. The molecular formula is C19H17ClO3. The van der Waals surface area contributed by atoms with Crippen molar-refractivity contribution >= 4 is 35.8 Å². The van der Waals surface area contributed by atoms with Crippen LogP contribution in [0.1, 0.15) is 16.7 Å². The minimum Gasteiger partial charge on any atom is -0.497 e. The van der Waals surface area contributed by atoms with Crippen molar-refractivity contribution in [1.29, 1.82) is 0 Å². The van der Waals surface area contributed by atoms with Crippen LogP contribution in [-0.4, -0.2) is 20.2 Å². The zero-order chi connectivity index (χ0) is 16.7. The number of carbonyl (C=O) groups is 1. The first-order valence-corrected chi connectivity index (χ1v) is 7.38. The van der Waals surface area contributed by atoms with Crippen molar-refractivity contribution in [1.82, 2.24) is 0 Å². The van der Waals surface area contributed by atoms with Crippen LogP contribution in [-0.2, 0) is 9.53 Å². The molecule has 0 saturated heterocycles. The highest BCUT2D eigenvalue weighted by Crippen LogP contribution is 2.21. The third-order valence-electron chi connectivity index (χ3n) is 3.22. The van der Waals surface area contributed by atoms with Crippen LogP contribution in [0.2, 0.25) is 5.02 Å². The Hall–Kier alpha value is -2.52. The molecule has 23 heavy (non-hydrogen) atoms. The number of ether oxygens (including phenoxy) is 2. The van der Waals surface area contributed by atoms with Crippen molar-refractivity contribution in [3.63, 3.8) is 0 Å². The van der Waals surface area contributed by atoms with E-state index >= 15 is 0 Å². The molecule has 0 aliphatic heterocycles. The summed E-state index contributed by atoms with van der Waals surface area (Å²) >= 11 is 5.88. The monoisotopic (exact) mass is 328 g/mol. The van der Waals surface area contributed by atoms with E-state index in [1.807, 2.05) is 54.6 Å². The Labute approximate surface area is 140 Å². The van der Waals surface area contributed by atoms with Crippen molar-refractivity contribution in [2.75, 3.05) is 14.2 Å². The van der Waals surface area contributed by atoms with Gasteiger partial charge in [-0.3, -0.25) is 0 Å². The van der Waals surface area contributed by atoms with Gasteiger partial charge < -0.3 is 9.47 Å². The fourth-order valence-corrected chi connectivity index (χ4v) is 2.09. The van der Waals surface area contributed by atoms with Crippen LogP contribution in [0.25, 0.3) is 18.2 Å². The van der Waals surface area contributed by atoms with Gasteiger partial charge in [-0.2, -0.15) is 0 Å². The predicted octanol–water partition coefficient (Wildman–Crippen LogP) is 4.71. The highest BCUT2D eigenvalue weighted by molar-refractivity contribution is 6.30. The fourth-order valence-electron chi connectivity index (χ4n) is 1.96. The van der Waals surface area contributed by atoms with Crippen LogP contribution < -0.4 is 4.74 Å². The van der Waals surface area contributed by atoms with E-state index < -0.39 is 5.97 Å². The lowest BCUT2D eigenvalue weighted by atomic mass is 10.0. The zero-order valence-corrected chi connectivity index (χ0v) is 13.7. The fraction of sp³-hybridized carbons (Fsp3) is 0.105. The van der Waals surface area contributed by atoms with Gasteiger partial charge in [0.2, 0.25) is 0 Å². The Morgan fingerprint density at radius 3 is 2.35 bits per heavy atom. The Morgan fingerprint density at radius 1 is 0.957 bits per heavy atom. The summed E-state index contributed by atoms with van der Waals surface area (Å²) in [7, 11) is 2.95. The van der Waals surface area contributed by atoms with E-state index in [1.165, 1.54) is 13.2 Å². The molecule has 0 heterocycles. The lowest BCUT2D eigenvalue weighted by Crippen LogP contribution is -1.94. The first-order chi connectivity index (χ1) is 11.1. The minimum atomic E-state index is -0.402. The Bertz CT molecular complexity index is 731. The first kappa shape index (κ1) is 16.8. The lowest BCUT2D eigenvalue weighted by Gasteiger charge is -2.05. The third-order valence-corrected chi connectivity index (χ3v) is 3.47. The normalized spacial score (nSPS) is 11.1. The summed E-state index contributed by atoms with van der Waals surface area (Å²) in [5.74, 6) is 0.318. The second-order valence-corrected chi connectivity index (χ2v) is 5.17. The van der Waals surface area contributed by atoms with Crippen LogP contribution in [0.15, 0.2) is 48.5 Å². The second-order valence-electron chi connectivity index (χ2n) is 4.74. The van der Waals surface area contributed by atoms with Crippen LogP contribution in [0.4, 0.5) is 0 Å². The SMILES string of the molecule is COC(=O)/C=C/c1cc(OC)ccc1/C=C/c1ccc(Cl)cc1. The molecule has 2 aromatic rings. The van der Waals surface area contributed by atoms with Crippen molar-refractivity contribution in [3.8, 4) is 5.75 Å². The maximum atomic E-state index is 11.3. The van der Waals surface area contributed by atoms with Gasteiger partial charge in [0.05, 0.1) is 14.2 Å². The number of rotatable bonds is 5. The molecule has 0 saturated carbocycles. The van der Waals surface area contributed by atoms with Crippen molar-refractivity contribution in [3.05, 3.63) is 70.3 Å². The molecule has 4 heteroatoms. The molecule has 0 radical (unpaired) electrons. The largest absolute Gasteiger partial charge is 0.497 e. The van der Waals surface area contributed by atoms with Crippen molar-refractivity contribution in [2.24, 2.45) is 0 Å². The Kier molecular flexibility index (Phi) is 6.01. The van der Waals surface area contributed by atoms with E-state index in [2.05, 4.69) is 4.74 Å². The molecule has 0 aromatic heterocycles. The van der Waals surface area contributed by atoms with Crippen LogP contribution in [0, 0.1) is 0 Å². The molecule has 0 spiro atoms. The molecule has 0 atom stereocenters. The molecule has 118 valence electrons. The van der Waals surface area contributed by atoms with E-state index in [9.17, 15) is 4.79 Å². The van der Waals surface area contributed by atoms with E-state index in [-0.39, 0.29) is 0 Å². The van der Waals surface area contributed by atoms with Gasteiger partial charge in [0.25, 0.3) is 0 Å². The van der Waals surface area contributed by atoms with Crippen molar-refractivity contribution < 1.29 is 14.3 Å². The highest BCUT2D eigenvalue weighted by atomic mass is 35.5. The van der Waals surface area contributed by atoms with E-state index in [0.29, 0.717) is 5.02 Å². The average Bonchev–Trinajstić information content (AvgIpc) is 2.59. The van der Waals surface area contributed by atoms with Crippen LogP contribution in [0.5, 0.6) is 5.75 Å². The number of carbonyl (C=O) groups excluding carboxylic acids is 1. The molecule has 3 nitrogen and oxygen atoms in total. The van der Waals surface area contributed by atoms with Gasteiger partial charge in [0, 0.05) is 11.1 Å². The third kappa shape index (κ3) is 5.01. The summed E-state index contributed by atoms with van der Waals surface area (Å²) in [6, 6.07) is 13.2. The highest BCUT2D eigenvalue weighted by Gasteiger charge is 2.01. The maximum Gasteiger partial charge on any atom is 0.330 e. The summed E-state index contributed by atoms with van der Waals surface area (Å²) in [4.78, 5) is 11.3. The lowest BCUT2D eigenvalue weighted by molar-refractivity contribution is -0.134. The number of benzene rings is 2. The quantitative estimate of drug-likeness (QED) is 0.453. The van der Waals surface area contributed by atoms with E-state index in [4.69, 9.17) is 16.3 Å².